The van der Waals surface area contributed by atoms with E-state index < -0.39 is 22.4 Å². The molecule has 0 aromatic heterocycles. The Hall–Kier alpha value is -0.660. The maximum absolute atomic E-state index is 2.61. The Bertz CT molecular complexity index is 1090. The van der Waals surface area contributed by atoms with Crippen LogP contribution in [0.5, 0.6) is 0 Å². The Balaban J connectivity index is 0.00000181. The number of allylic oxidation sites excluding steroid dienone is 1. The topological polar surface area (TPSA) is 0 Å². The molecule has 0 saturated carbocycles. The van der Waals surface area contributed by atoms with Crippen LogP contribution >= 0.6 is 0 Å². The molecular formula is C28H33Cl2SiZr. The summed E-state index contributed by atoms with van der Waals surface area (Å²) in [7, 11) is 0. The standard InChI is InChI=1S/C26H27.C2H6Si.2ClH.Zr/c1-4-5-8-19-13-24-16-23(18(2)3)17-26(25(24)14-19)22-12-11-20-9-6-7-10-21(20)15-22;1-3-2;;;/h6-7,9-18H,4-5,8H2,1-3H3;1-2H3;2*1H;/q;;;;+2/p-2. The molecule has 1 unspecified atom stereocenters. The maximum atomic E-state index is 2.61. The van der Waals surface area contributed by atoms with Gasteiger partial charge in [0.2, 0.25) is 0 Å². The minimum absolute atomic E-state index is 0. The molecule has 1 radical (unpaired) electrons. The molecule has 0 spiro atoms. The minimum Gasteiger partial charge on any atom is -1.00 e. The van der Waals surface area contributed by atoms with Crippen molar-refractivity contribution >= 4 is 22.8 Å². The van der Waals surface area contributed by atoms with E-state index in [-0.39, 0.29) is 30.7 Å². The molecule has 167 valence electrons. The summed E-state index contributed by atoms with van der Waals surface area (Å²) in [5.41, 5.74) is 9.31. The van der Waals surface area contributed by atoms with E-state index in [1.165, 1.54) is 52.3 Å². The zero-order chi connectivity index (χ0) is 21.3. The van der Waals surface area contributed by atoms with Crippen LogP contribution in [0, 0.1) is 0 Å². The average Bonchev–Trinajstić information content (AvgIpc) is 3.07. The van der Waals surface area contributed by atoms with Gasteiger partial charge in [-0.15, -0.1) is 0 Å². The van der Waals surface area contributed by atoms with Crippen LogP contribution in [-0.2, 0) is 22.4 Å². The summed E-state index contributed by atoms with van der Waals surface area (Å²) in [5, 5.41) is 2.67. The minimum atomic E-state index is -0.423. The van der Waals surface area contributed by atoms with Crippen LogP contribution < -0.4 is 24.8 Å². The molecule has 0 N–H and O–H groups in total. The summed E-state index contributed by atoms with van der Waals surface area (Å²) in [5.74, 6) is 0.438. The molecule has 4 heteroatoms. The van der Waals surface area contributed by atoms with Gasteiger partial charge in [-0.1, -0.05) is 0 Å². The van der Waals surface area contributed by atoms with Gasteiger partial charge in [0.05, 0.1) is 0 Å². The van der Waals surface area contributed by atoms with Crippen LogP contribution in [0.15, 0.2) is 60.2 Å². The van der Waals surface area contributed by atoms with E-state index in [4.69, 9.17) is 0 Å². The Labute approximate surface area is 219 Å². The zero-order valence-electron chi connectivity index (χ0n) is 19.8. The van der Waals surface area contributed by atoms with Crippen molar-refractivity contribution < 1.29 is 47.2 Å². The number of hydrogen-bond donors (Lipinski definition) is 0. The number of halogens is 2. The monoisotopic (exact) mass is 557 g/mol. The molecule has 0 amide bonds. The van der Waals surface area contributed by atoms with E-state index in [9.17, 15) is 0 Å². The first-order valence-electron chi connectivity index (χ1n) is 11.4. The van der Waals surface area contributed by atoms with E-state index in [0.717, 1.165) is 3.63 Å². The van der Waals surface area contributed by atoms with E-state index in [1.807, 2.05) is 0 Å². The molecule has 1 aliphatic rings. The normalized spacial score (nSPS) is 14.6. The molecule has 0 nitrogen and oxygen atoms in total. The fourth-order valence-corrected chi connectivity index (χ4v) is 13.4. The molecular weight excluding hydrogens is 527 g/mol. The molecule has 32 heavy (non-hydrogen) atoms. The molecule has 1 atom stereocenters. The van der Waals surface area contributed by atoms with Crippen molar-refractivity contribution in [1.82, 2.24) is 0 Å². The van der Waals surface area contributed by atoms with Crippen LogP contribution in [0.1, 0.15) is 66.3 Å². The first-order chi connectivity index (χ1) is 14.5. The Morgan fingerprint density at radius 2 is 1.66 bits per heavy atom. The number of rotatable bonds is 7. The number of benzene rings is 3. The van der Waals surface area contributed by atoms with Crippen molar-refractivity contribution in [2.75, 3.05) is 0 Å². The second-order valence-electron chi connectivity index (χ2n) is 9.19. The van der Waals surface area contributed by atoms with E-state index >= 15 is 0 Å². The summed E-state index contributed by atoms with van der Waals surface area (Å²) < 4.78 is 0.803. The number of unbranched alkanes of at least 4 members (excludes halogenated alkanes) is 1. The smallest absolute Gasteiger partial charge is 1.00 e. The summed E-state index contributed by atoms with van der Waals surface area (Å²) >= 11 is -0.423. The molecule has 4 rings (SSSR count). The molecule has 0 aliphatic heterocycles. The van der Waals surface area contributed by atoms with Gasteiger partial charge in [0.15, 0.2) is 0 Å². The molecule has 0 saturated heterocycles. The predicted molar refractivity (Wildman–Crippen MR) is 131 cm³/mol. The summed E-state index contributed by atoms with van der Waals surface area (Å²) in [6.07, 6.45) is 6.51. The van der Waals surface area contributed by atoms with Gasteiger partial charge in [0.1, 0.15) is 0 Å². The third-order valence-electron chi connectivity index (χ3n) is 6.23. The van der Waals surface area contributed by atoms with E-state index in [1.54, 1.807) is 11.1 Å². The summed E-state index contributed by atoms with van der Waals surface area (Å²) in [6.45, 7) is 12.1. The second-order valence-corrected chi connectivity index (χ2v) is 22.4. The number of hydrogen-bond acceptors (Lipinski definition) is 0. The van der Waals surface area contributed by atoms with Crippen LogP contribution in [0.4, 0.5) is 0 Å². The van der Waals surface area contributed by atoms with Crippen molar-refractivity contribution in [3.63, 3.8) is 0 Å². The fourth-order valence-electron chi connectivity index (χ4n) is 4.55. The van der Waals surface area contributed by atoms with Crippen LogP contribution in [-0.4, -0.2) is 5.92 Å². The molecule has 3 aromatic carbocycles. The van der Waals surface area contributed by atoms with Gasteiger partial charge in [-0.2, -0.15) is 0 Å². The van der Waals surface area contributed by atoms with Gasteiger partial charge >= 0.3 is 196 Å². The first-order valence-corrected chi connectivity index (χ1v) is 19.0. The predicted octanol–water partition coefficient (Wildman–Crippen LogP) is 2.60. The largest absolute Gasteiger partial charge is 1.00 e. The van der Waals surface area contributed by atoms with Gasteiger partial charge in [0.25, 0.3) is 0 Å². The van der Waals surface area contributed by atoms with Crippen LogP contribution in [0.3, 0.4) is 0 Å². The van der Waals surface area contributed by atoms with Crippen LogP contribution in [0.2, 0.25) is 13.1 Å². The third-order valence-corrected chi connectivity index (χ3v) is 15.2. The zero-order valence-corrected chi connectivity index (χ0v) is 24.8. The van der Waals surface area contributed by atoms with Gasteiger partial charge in [-0.25, -0.2) is 0 Å². The third kappa shape index (κ3) is 5.87. The van der Waals surface area contributed by atoms with Gasteiger partial charge < -0.3 is 24.8 Å². The quantitative estimate of drug-likeness (QED) is 0.391. The SMILES string of the molecule is CCCCC1=Cc2c(-c3ccc4ccccc4c3)cc(C(C)C)cc2[CH]1[Zr+2][Si](C)C.[Cl-].[Cl-]. The molecule has 3 aromatic rings. The summed E-state index contributed by atoms with van der Waals surface area (Å²) in [4.78, 5) is 0. The van der Waals surface area contributed by atoms with Crippen molar-refractivity contribution in [3.05, 3.63) is 76.9 Å². The Morgan fingerprint density at radius 3 is 2.31 bits per heavy atom. The first kappa shape index (κ1) is 27.6. The average molecular weight is 560 g/mol. The molecule has 1 aliphatic carbocycles. The Morgan fingerprint density at radius 1 is 0.938 bits per heavy atom. The molecule has 0 fully saturated rings. The van der Waals surface area contributed by atoms with Gasteiger partial charge in [0, 0.05) is 0 Å². The van der Waals surface area contributed by atoms with Gasteiger partial charge in [-0.3, -0.25) is 0 Å². The number of fused-ring (bicyclic) bond motifs is 2. The Kier molecular flexibility index (Phi) is 10.5. The second kappa shape index (κ2) is 12.2. The van der Waals surface area contributed by atoms with Gasteiger partial charge in [-0.05, 0) is 0 Å². The van der Waals surface area contributed by atoms with Crippen molar-refractivity contribution in [1.29, 1.82) is 0 Å². The van der Waals surface area contributed by atoms with Crippen LogP contribution in [0.25, 0.3) is 28.0 Å². The van der Waals surface area contributed by atoms with E-state index in [0.29, 0.717) is 5.92 Å². The maximum Gasteiger partial charge on any atom is -1.00 e. The molecule has 0 bridgehead atoms. The fraction of sp³-hybridized carbons (Fsp3) is 0.357. The van der Waals surface area contributed by atoms with Crippen molar-refractivity contribution in [2.45, 2.75) is 62.7 Å². The van der Waals surface area contributed by atoms with Crippen molar-refractivity contribution in [2.24, 2.45) is 0 Å². The van der Waals surface area contributed by atoms with Crippen molar-refractivity contribution in [3.8, 4) is 11.1 Å². The molecule has 0 heterocycles. The summed E-state index contributed by atoms with van der Waals surface area (Å²) in [6, 6.07) is 20.8. The van der Waals surface area contributed by atoms with E-state index in [2.05, 4.69) is 94.5 Å².